The highest BCUT2D eigenvalue weighted by molar-refractivity contribution is 5.86. The molecule has 0 saturated carbocycles. The first-order valence-corrected chi connectivity index (χ1v) is 8.14. The van der Waals surface area contributed by atoms with E-state index in [1.807, 2.05) is 45.2 Å². The van der Waals surface area contributed by atoms with Crippen LogP contribution in [0, 0.1) is 0 Å². The van der Waals surface area contributed by atoms with Crippen molar-refractivity contribution in [2.24, 2.45) is 0 Å². The number of rotatable bonds is 3. The Kier molecular flexibility index (Phi) is 4.17. The van der Waals surface area contributed by atoms with Crippen LogP contribution in [0.1, 0.15) is 26.3 Å². The summed E-state index contributed by atoms with van der Waals surface area (Å²) in [6.45, 7) is 7.89. The van der Waals surface area contributed by atoms with Crippen molar-refractivity contribution in [2.45, 2.75) is 38.3 Å². The highest BCUT2D eigenvalue weighted by Gasteiger charge is 2.43. The minimum Gasteiger partial charge on any atom is -0.459 e. The van der Waals surface area contributed by atoms with Crippen LogP contribution >= 0.6 is 0 Å². The first kappa shape index (κ1) is 16.0. The Morgan fingerprint density at radius 2 is 2.04 bits per heavy atom. The van der Waals surface area contributed by atoms with Gasteiger partial charge in [0.15, 0.2) is 0 Å². The Morgan fingerprint density at radius 1 is 1.26 bits per heavy atom. The topological polar surface area (TPSA) is 66.2 Å². The summed E-state index contributed by atoms with van der Waals surface area (Å²) in [6.07, 6.45) is 2.59. The number of H-pyrrole nitrogens is 1. The Hall–Kier alpha value is -1.85. The molecule has 1 atom stereocenters. The summed E-state index contributed by atoms with van der Waals surface area (Å²) in [6, 6.07) is 8.16. The fourth-order valence-corrected chi connectivity index (χ4v) is 3.07. The second kappa shape index (κ2) is 5.98. The summed E-state index contributed by atoms with van der Waals surface area (Å²) in [5.74, 6) is -0.192. The van der Waals surface area contributed by atoms with E-state index in [2.05, 4.69) is 21.7 Å². The van der Waals surface area contributed by atoms with Gasteiger partial charge in [-0.3, -0.25) is 5.32 Å². The third-order valence-corrected chi connectivity index (χ3v) is 4.15. The zero-order valence-electron chi connectivity index (χ0n) is 14.0. The van der Waals surface area contributed by atoms with E-state index < -0.39 is 11.1 Å². The molecule has 3 N–H and O–H groups in total. The lowest BCUT2D eigenvalue weighted by Gasteiger charge is -2.38. The average molecular weight is 315 g/mol. The number of carbonyl (C=O) groups is 1. The van der Waals surface area contributed by atoms with Crippen molar-refractivity contribution in [3.63, 3.8) is 0 Å². The van der Waals surface area contributed by atoms with Gasteiger partial charge >= 0.3 is 5.97 Å². The maximum absolute atomic E-state index is 12.9. The fourth-order valence-electron chi connectivity index (χ4n) is 3.07. The van der Waals surface area contributed by atoms with Gasteiger partial charge < -0.3 is 15.0 Å². The van der Waals surface area contributed by atoms with Gasteiger partial charge in [0.05, 0.1) is 0 Å². The van der Waals surface area contributed by atoms with E-state index in [4.69, 9.17) is 4.74 Å². The third-order valence-electron chi connectivity index (χ3n) is 4.15. The number of fused-ring (bicyclic) bond motifs is 1. The number of aromatic amines is 1. The second-order valence-corrected chi connectivity index (χ2v) is 7.22. The predicted molar refractivity (Wildman–Crippen MR) is 91.5 cm³/mol. The van der Waals surface area contributed by atoms with Gasteiger partial charge in [-0.15, -0.1) is 0 Å². The standard InChI is InChI=1S/C18H25N3O2/c1-17(2,3)23-16(22)18(12-19-8-9-21-18)10-13-11-20-15-7-5-4-6-14(13)15/h4-7,11,19-21H,8-10,12H2,1-3H3. The molecule has 1 aromatic heterocycles. The molecule has 0 aliphatic carbocycles. The number of carbonyl (C=O) groups excluding carboxylic acids is 1. The quantitative estimate of drug-likeness (QED) is 0.758. The van der Waals surface area contributed by atoms with Gasteiger partial charge in [-0.25, -0.2) is 4.79 Å². The fraction of sp³-hybridized carbons (Fsp3) is 0.500. The largest absolute Gasteiger partial charge is 0.459 e. The molecule has 3 rings (SSSR count). The Morgan fingerprint density at radius 3 is 2.74 bits per heavy atom. The van der Waals surface area contributed by atoms with E-state index in [-0.39, 0.29) is 5.97 Å². The Bertz CT molecular complexity index is 694. The van der Waals surface area contributed by atoms with Gasteiger partial charge in [-0.2, -0.15) is 0 Å². The number of ether oxygens (including phenoxy) is 1. The van der Waals surface area contributed by atoms with Crippen LogP contribution in [0.4, 0.5) is 0 Å². The molecular weight excluding hydrogens is 290 g/mol. The summed E-state index contributed by atoms with van der Waals surface area (Å²) < 4.78 is 5.69. The molecule has 2 aromatic rings. The van der Waals surface area contributed by atoms with Crippen molar-refractivity contribution in [3.8, 4) is 0 Å². The molecule has 5 heteroatoms. The van der Waals surface area contributed by atoms with Crippen LogP contribution in [0.5, 0.6) is 0 Å². The minimum absolute atomic E-state index is 0.192. The molecule has 5 nitrogen and oxygen atoms in total. The number of nitrogens with one attached hydrogen (secondary N) is 3. The van der Waals surface area contributed by atoms with Crippen molar-refractivity contribution in [3.05, 3.63) is 36.0 Å². The van der Waals surface area contributed by atoms with Crippen LogP contribution in [-0.2, 0) is 16.0 Å². The van der Waals surface area contributed by atoms with E-state index in [1.165, 1.54) is 0 Å². The summed E-state index contributed by atoms with van der Waals surface area (Å²) in [5.41, 5.74) is 0.994. The predicted octanol–water partition coefficient (Wildman–Crippen LogP) is 1.98. The lowest BCUT2D eigenvalue weighted by Crippen LogP contribution is -2.66. The number of hydrogen-bond donors (Lipinski definition) is 3. The smallest absolute Gasteiger partial charge is 0.328 e. The third kappa shape index (κ3) is 3.41. The Labute approximate surface area is 136 Å². The molecule has 1 unspecified atom stereocenters. The molecule has 2 heterocycles. The normalized spacial score (nSPS) is 22.2. The number of esters is 1. The van der Waals surface area contributed by atoms with Crippen LogP contribution in [0.3, 0.4) is 0 Å². The highest BCUT2D eigenvalue weighted by atomic mass is 16.6. The Balaban J connectivity index is 1.91. The number of benzene rings is 1. The maximum Gasteiger partial charge on any atom is 0.328 e. The highest BCUT2D eigenvalue weighted by Crippen LogP contribution is 2.25. The van der Waals surface area contributed by atoms with Gasteiger partial charge in [-0.05, 0) is 32.4 Å². The van der Waals surface area contributed by atoms with Crippen molar-refractivity contribution in [1.29, 1.82) is 0 Å². The number of aromatic nitrogens is 1. The molecule has 0 radical (unpaired) electrons. The lowest BCUT2D eigenvalue weighted by molar-refractivity contribution is -0.163. The van der Waals surface area contributed by atoms with E-state index in [9.17, 15) is 4.79 Å². The average Bonchev–Trinajstić information content (AvgIpc) is 2.90. The summed E-state index contributed by atoms with van der Waals surface area (Å²) >= 11 is 0. The van der Waals surface area contributed by atoms with E-state index >= 15 is 0 Å². The number of para-hydroxylation sites is 1. The van der Waals surface area contributed by atoms with Crippen molar-refractivity contribution < 1.29 is 9.53 Å². The molecule has 1 fully saturated rings. The van der Waals surface area contributed by atoms with Gasteiger partial charge in [0, 0.05) is 43.2 Å². The van der Waals surface area contributed by atoms with Gasteiger partial charge in [0.1, 0.15) is 11.1 Å². The zero-order chi connectivity index (χ0) is 16.5. The molecule has 1 aliphatic rings. The number of piperazine rings is 1. The van der Waals surface area contributed by atoms with Crippen molar-refractivity contribution >= 4 is 16.9 Å². The maximum atomic E-state index is 12.9. The second-order valence-electron chi connectivity index (χ2n) is 7.22. The van der Waals surface area contributed by atoms with Gasteiger partial charge in [-0.1, -0.05) is 18.2 Å². The molecule has 1 aromatic carbocycles. The van der Waals surface area contributed by atoms with Crippen LogP contribution in [-0.4, -0.2) is 41.7 Å². The first-order valence-electron chi connectivity index (χ1n) is 8.14. The molecule has 1 saturated heterocycles. The summed E-state index contributed by atoms with van der Waals surface area (Å²) in [4.78, 5) is 16.1. The van der Waals surface area contributed by atoms with Crippen LogP contribution < -0.4 is 10.6 Å². The zero-order valence-corrected chi connectivity index (χ0v) is 14.0. The molecular formula is C18H25N3O2. The number of hydrogen-bond acceptors (Lipinski definition) is 4. The molecule has 23 heavy (non-hydrogen) atoms. The van der Waals surface area contributed by atoms with Crippen LogP contribution in [0.2, 0.25) is 0 Å². The lowest BCUT2D eigenvalue weighted by atomic mass is 9.88. The van der Waals surface area contributed by atoms with E-state index in [1.54, 1.807) is 0 Å². The van der Waals surface area contributed by atoms with Crippen LogP contribution in [0.25, 0.3) is 10.9 Å². The summed E-state index contributed by atoms with van der Waals surface area (Å²) in [5, 5.41) is 7.89. The molecule has 124 valence electrons. The van der Waals surface area contributed by atoms with E-state index in [0.717, 1.165) is 29.6 Å². The monoisotopic (exact) mass is 315 g/mol. The molecule has 0 bridgehead atoms. The van der Waals surface area contributed by atoms with Gasteiger partial charge in [0.2, 0.25) is 0 Å². The molecule has 0 amide bonds. The molecule has 0 spiro atoms. The van der Waals surface area contributed by atoms with Crippen LogP contribution in [0.15, 0.2) is 30.5 Å². The van der Waals surface area contributed by atoms with Crippen molar-refractivity contribution in [1.82, 2.24) is 15.6 Å². The van der Waals surface area contributed by atoms with Gasteiger partial charge in [0.25, 0.3) is 0 Å². The van der Waals surface area contributed by atoms with E-state index in [0.29, 0.717) is 13.0 Å². The van der Waals surface area contributed by atoms with Crippen molar-refractivity contribution in [2.75, 3.05) is 19.6 Å². The minimum atomic E-state index is -0.726. The summed E-state index contributed by atoms with van der Waals surface area (Å²) in [7, 11) is 0. The molecule has 1 aliphatic heterocycles. The first-order chi connectivity index (χ1) is 10.9. The SMILES string of the molecule is CC(C)(C)OC(=O)C1(Cc2c[nH]c3ccccc23)CNCCN1.